The maximum Gasteiger partial charge on any atom is 0.319 e. The molecule has 2 N–H and O–H groups in total. The number of carbonyl (C=O) groups excluding carboxylic acids is 1. The van der Waals surface area contributed by atoms with E-state index in [0.717, 1.165) is 12.0 Å². The normalized spacial score (nSPS) is 12.5. The van der Waals surface area contributed by atoms with Crippen LogP contribution < -0.4 is 10.6 Å². The van der Waals surface area contributed by atoms with E-state index in [9.17, 15) is 9.18 Å². The standard InChI is InChI=1S/C17H25FN2O/c1-16(2,3)12-17(4,5)20-15(21)19-11-10-13-6-8-14(18)9-7-13/h6-11H,12H2,1-5H3,(H2,19,20,21)/b11-10+. The van der Waals surface area contributed by atoms with Crippen LogP contribution >= 0.6 is 0 Å². The maximum absolute atomic E-state index is 12.8. The summed E-state index contributed by atoms with van der Waals surface area (Å²) in [5, 5.41) is 5.61. The van der Waals surface area contributed by atoms with Crippen molar-refractivity contribution in [1.82, 2.24) is 10.6 Å². The highest BCUT2D eigenvalue weighted by Gasteiger charge is 2.26. The van der Waals surface area contributed by atoms with Crippen LogP contribution in [0.25, 0.3) is 6.08 Å². The fourth-order valence-corrected chi connectivity index (χ4v) is 2.50. The van der Waals surface area contributed by atoms with Gasteiger partial charge in [0.2, 0.25) is 0 Å². The summed E-state index contributed by atoms with van der Waals surface area (Å²) >= 11 is 0. The van der Waals surface area contributed by atoms with Crippen molar-refractivity contribution in [2.45, 2.75) is 46.6 Å². The van der Waals surface area contributed by atoms with Crippen molar-refractivity contribution < 1.29 is 9.18 Å². The Labute approximate surface area is 126 Å². The molecule has 0 bridgehead atoms. The SMILES string of the molecule is CC(C)(C)CC(C)(C)NC(=O)N/C=C/c1ccc(F)cc1. The van der Waals surface area contributed by atoms with Gasteiger partial charge < -0.3 is 10.6 Å². The Morgan fingerprint density at radius 2 is 1.71 bits per heavy atom. The Balaban J connectivity index is 2.48. The van der Waals surface area contributed by atoms with E-state index >= 15 is 0 Å². The van der Waals surface area contributed by atoms with Crippen molar-refractivity contribution in [3.8, 4) is 0 Å². The Hall–Kier alpha value is -1.84. The van der Waals surface area contributed by atoms with Gasteiger partial charge >= 0.3 is 6.03 Å². The van der Waals surface area contributed by atoms with Gasteiger partial charge in [-0.25, -0.2) is 9.18 Å². The highest BCUT2D eigenvalue weighted by molar-refractivity contribution is 5.76. The van der Waals surface area contributed by atoms with Gasteiger partial charge in [0.15, 0.2) is 0 Å². The van der Waals surface area contributed by atoms with Crippen LogP contribution in [0.2, 0.25) is 0 Å². The van der Waals surface area contributed by atoms with Crippen molar-refractivity contribution in [2.24, 2.45) is 5.41 Å². The van der Waals surface area contributed by atoms with E-state index in [2.05, 4.69) is 31.4 Å². The van der Waals surface area contributed by atoms with Crippen LogP contribution in [0.15, 0.2) is 30.5 Å². The van der Waals surface area contributed by atoms with Crippen LogP contribution in [0.1, 0.15) is 46.6 Å². The number of urea groups is 1. The summed E-state index contributed by atoms with van der Waals surface area (Å²) in [6.07, 6.45) is 4.14. The molecule has 0 radical (unpaired) electrons. The third-order valence-electron chi connectivity index (χ3n) is 2.78. The van der Waals surface area contributed by atoms with Crippen molar-refractivity contribution in [1.29, 1.82) is 0 Å². The number of benzene rings is 1. The highest BCUT2D eigenvalue weighted by Crippen LogP contribution is 2.26. The predicted octanol–water partition coefficient (Wildman–Crippen LogP) is 4.31. The molecule has 0 heterocycles. The van der Waals surface area contributed by atoms with E-state index in [1.54, 1.807) is 24.4 Å². The minimum absolute atomic E-state index is 0.140. The van der Waals surface area contributed by atoms with Gasteiger partial charge in [0.05, 0.1) is 0 Å². The van der Waals surface area contributed by atoms with E-state index in [1.165, 1.54) is 12.1 Å². The van der Waals surface area contributed by atoms with Crippen LogP contribution in [0.5, 0.6) is 0 Å². The van der Waals surface area contributed by atoms with Gasteiger partial charge in [-0.2, -0.15) is 0 Å². The molecule has 0 aliphatic heterocycles. The quantitative estimate of drug-likeness (QED) is 0.853. The average Bonchev–Trinajstić information content (AvgIpc) is 2.27. The molecular weight excluding hydrogens is 267 g/mol. The number of halogens is 1. The first-order valence-electron chi connectivity index (χ1n) is 7.08. The molecule has 1 aromatic rings. The molecule has 0 spiro atoms. The Kier molecular flexibility index (Phi) is 5.53. The average molecular weight is 292 g/mol. The molecule has 116 valence electrons. The number of hydrogen-bond donors (Lipinski definition) is 2. The summed E-state index contributed by atoms with van der Waals surface area (Å²) in [6.45, 7) is 10.4. The lowest BCUT2D eigenvalue weighted by molar-refractivity contribution is 0.213. The number of nitrogens with one attached hydrogen (secondary N) is 2. The van der Waals surface area contributed by atoms with Crippen molar-refractivity contribution in [3.63, 3.8) is 0 Å². The van der Waals surface area contributed by atoms with Gasteiger partial charge in [-0.1, -0.05) is 32.9 Å². The van der Waals surface area contributed by atoms with E-state index in [0.29, 0.717) is 0 Å². The number of rotatable bonds is 4. The van der Waals surface area contributed by atoms with Crippen LogP contribution in [0.3, 0.4) is 0 Å². The molecule has 2 amide bonds. The van der Waals surface area contributed by atoms with Crippen LogP contribution in [-0.4, -0.2) is 11.6 Å². The first-order valence-corrected chi connectivity index (χ1v) is 7.08. The molecule has 0 unspecified atom stereocenters. The van der Waals surface area contributed by atoms with E-state index in [-0.39, 0.29) is 22.8 Å². The maximum atomic E-state index is 12.8. The topological polar surface area (TPSA) is 41.1 Å². The third kappa shape index (κ3) is 7.49. The summed E-state index contributed by atoms with van der Waals surface area (Å²) < 4.78 is 12.8. The largest absolute Gasteiger partial charge is 0.333 e. The second-order valence-corrected chi connectivity index (χ2v) is 7.10. The zero-order valence-corrected chi connectivity index (χ0v) is 13.5. The third-order valence-corrected chi connectivity index (χ3v) is 2.78. The van der Waals surface area contributed by atoms with E-state index in [1.807, 2.05) is 13.8 Å². The van der Waals surface area contributed by atoms with Crippen LogP contribution in [-0.2, 0) is 0 Å². The lowest BCUT2D eigenvalue weighted by Gasteiger charge is -2.33. The van der Waals surface area contributed by atoms with E-state index < -0.39 is 0 Å². The van der Waals surface area contributed by atoms with Gasteiger partial charge in [0.25, 0.3) is 0 Å². The molecule has 0 aliphatic carbocycles. The minimum Gasteiger partial charge on any atom is -0.333 e. The number of amides is 2. The Morgan fingerprint density at radius 1 is 1.14 bits per heavy atom. The van der Waals surface area contributed by atoms with Gasteiger partial charge in [0, 0.05) is 11.7 Å². The van der Waals surface area contributed by atoms with Crippen molar-refractivity contribution in [2.75, 3.05) is 0 Å². The molecule has 1 rings (SSSR count). The zero-order chi connectivity index (χ0) is 16.1. The van der Waals surface area contributed by atoms with Gasteiger partial charge in [-0.05, 0) is 49.5 Å². The fourth-order valence-electron chi connectivity index (χ4n) is 2.50. The smallest absolute Gasteiger partial charge is 0.319 e. The molecule has 1 aromatic carbocycles. The second-order valence-electron chi connectivity index (χ2n) is 7.10. The molecule has 0 aliphatic rings. The lowest BCUT2D eigenvalue weighted by Crippen LogP contribution is -2.48. The predicted molar refractivity (Wildman–Crippen MR) is 85.3 cm³/mol. The molecule has 0 saturated carbocycles. The van der Waals surface area contributed by atoms with Crippen molar-refractivity contribution >= 4 is 12.1 Å². The molecule has 4 heteroatoms. The molecule has 0 fully saturated rings. The number of hydrogen-bond acceptors (Lipinski definition) is 1. The molecular formula is C17H25FN2O. The van der Waals surface area contributed by atoms with Gasteiger partial charge in [0.1, 0.15) is 5.82 Å². The van der Waals surface area contributed by atoms with Crippen LogP contribution in [0.4, 0.5) is 9.18 Å². The summed E-state index contributed by atoms with van der Waals surface area (Å²) in [5.74, 6) is -0.276. The van der Waals surface area contributed by atoms with Crippen molar-refractivity contribution in [3.05, 3.63) is 41.8 Å². The Morgan fingerprint density at radius 3 is 2.24 bits per heavy atom. The first-order chi connectivity index (χ1) is 9.57. The first kappa shape index (κ1) is 17.2. The summed E-state index contributed by atoms with van der Waals surface area (Å²) in [6, 6.07) is 5.81. The molecule has 3 nitrogen and oxygen atoms in total. The lowest BCUT2D eigenvalue weighted by atomic mass is 9.82. The minimum atomic E-state index is -0.286. The summed E-state index contributed by atoms with van der Waals surface area (Å²) in [7, 11) is 0. The summed E-state index contributed by atoms with van der Waals surface area (Å²) in [5.41, 5.74) is 0.679. The van der Waals surface area contributed by atoms with Gasteiger partial charge in [-0.3, -0.25) is 0 Å². The molecule has 0 saturated heterocycles. The second kappa shape index (κ2) is 6.74. The molecule has 0 aromatic heterocycles. The molecule has 21 heavy (non-hydrogen) atoms. The Bertz CT molecular complexity index is 499. The number of carbonyl (C=O) groups is 1. The van der Waals surface area contributed by atoms with Gasteiger partial charge in [-0.15, -0.1) is 0 Å². The monoisotopic (exact) mass is 292 g/mol. The van der Waals surface area contributed by atoms with Crippen LogP contribution in [0, 0.1) is 11.2 Å². The summed E-state index contributed by atoms with van der Waals surface area (Å²) in [4.78, 5) is 11.9. The fraction of sp³-hybridized carbons (Fsp3) is 0.471. The zero-order valence-electron chi connectivity index (χ0n) is 13.5. The molecule has 0 atom stereocenters. The van der Waals surface area contributed by atoms with E-state index in [4.69, 9.17) is 0 Å². The highest BCUT2D eigenvalue weighted by atomic mass is 19.1.